The van der Waals surface area contributed by atoms with Gasteiger partial charge in [-0.3, -0.25) is 4.79 Å². The molecule has 6 heteroatoms. The molecule has 26 heavy (non-hydrogen) atoms. The topological polar surface area (TPSA) is 36.4 Å². The number of anilines is 1. The summed E-state index contributed by atoms with van der Waals surface area (Å²) in [6.07, 6.45) is 0. The van der Waals surface area contributed by atoms with E-state index in [-0.39, 0.29) is 5.91 Å². The Labute approximate surface area is 162 Å². The van der Waals surface area contributed by atoms with Gasteiger partial charge in [-0.2, -0.15) is 0 Å². The van der Waals surface area contributed by atoms with Gasteiger partial charge in [0.1, 0.15) is 0 Å². The summed E-state index contributed by atoms with van der Waals surface area (Å²) in [5.74, 6) is 0.0667. The van der Waals surface area contributed by atoms with E-state index in [9.17, 15) is 4.79 Å². The van der Waals surface area contributed by atoms with Gasteiger partial charge >= 0.3 is 0 Å². The first-order chi connectivity index (χ1) is 12.5. The zero-order chi connectivity index (χ0) is 18.3. The number of aryl methyl sites for hydroxylation is 2. The van der Waals surface area contributed by atoms with Crippen LogP contribution in [0, 0.1) is 13.8 Å². The number of halogens is 1. The summed E-state index contributed by atoms with van der Waals surface area (Å²) in [6.45, 7) is 7.26. The van der Waals surface area contributed by atoms with Crippen molar-refractivity contribution in [3.8, 4) is 0 Å². The van der Waals surface area contributed by atoms with Crippen LogP contribution in [0.5, 0.6) is 0 Å². The molecule has 1 aromatic heterocycles. The lowest BCUT2D eigenvalue weighted by Crippen LogP contribution is -2.48. The van der Waals surface area contributed by atoms with Crippen molar-refractivity contribution in [1.82, 2.24) is 9.88 Å². The average molecular weight is 386 g/mol. The number of thiazole rings is 1. The van der Waals surface area contributed by atoms with Crippen molar-refractivity contribution in [2.24, 2.45) is 0 Å². The van der Waals surface area contributed by atoms with Gasteiger partial charge in [-0.25, -0.2) is 4.98 Å². The fraction of sp³-hybridized carbons (Fsp3) is 0.300. The molecule has 0 radical (unpaired) electrons. The first-order valence-electron chi connectivity index (χ1n) is 8.69. The van der Waals surface area contributed by atoms with Gasteiger partial charge < -0.3 is 9.80 Å². The Morgan fingerprint density at radius 1 is 1.04 bits per heavy atom. The van der Waals surface area contributed by atoms with Crippen molar-refractivity contribution in [1.29, 1.82) is 0 Å². The maximum atomic E-state index is 12.6. The second kappa shape index (κ2) is 6.89. The highest BCUT2D eigenvalue weighted by atomic mass is 35.5. The molecule has 0 atom stereocenters. The number of fused-ring (bicyclic) bond motifs is 1. The number of piperazine rings is 1. The Hall–Kier alpha value is -2.11. The Morgan fingerprint density at radius 2 is 1.73 bits per heavy atom. The minimum absolute atomic E-state index is 0.0667. The monoisotopic (exact) mass is 385 g/mol. The van der Waals surface area contributed by atoms with Gasteiger partial charge in [0.15, 0.2) is 5.13 Å². The average Bonchev–Trinajstić information content (AvgIpc) is 3.10. The van der Waals surface area contributed by atoms with E-state index < -0.39 is 0 Å². The molecule has 0 spiro atoms. The number of rotatable bonds is 2. The van der Waals surface area contributed by atoms with Crippen LogP contribution in [0.3, 0.4) is 0 Å². The number of hydrogen-bond donors (Lipinski definition) is 0. The number of carbonyl (C=O) groups excluding carboxylic acids is 1. The van der Waals surface area contributed by atoms with Gasteiger partial charge in [0.25, 0.3) is 5.91 Å². The minimum atomic E-state index is 0.0667. The van der Waals surface area contributed by atoms with Crippen LogP contribution in [0.2, 0.25) is 5.02 Å². The molecular formula is C20H20ClN3OS. The Bertz CT molecular complexity index is 959. The molecule has 2 aromatic carbocycles. The first kappa shape index (κ1) is 17.3. The summed E-state index contributed by atoms with van der Waals surface area (Å²) in [6, 6.07) is 11.4. The molecule has 0 unspecified atom stereocenters. The third-order valence-corrected chi connectivity index (χ3v) is 6.34. The van der Waals surface area contributed by atoms with Crippen LogP contribution < -0.4 is 4.90 Å². The number of benzene rings is 2. The van der Waals surface area contributed by atoms with Gasteiger partial charge in [0, 0.05) is 36.8 Å². The van der Waals surface area contributed by atoms with Crippen LogP contribution in [0.4, 0.5) is 5.13 Å². The van der Waals surface area contributed by atoms with Crippen molar-refractivity contribution in [2.45, 2.75) is 13.8 Å². The second-order valence-electron chi connectivity index (χ2n) is 6.64. The molecule has 134 valence electrons. The quantitative estimate of drug-likeness (QED) is 0.650. The maximum Gasteiger partial charge on any atom is 0.253 e. The summed E-state index contributed by atoms with van der Waals surface area (Å²) >= 11 is 7.64. The first-order valence-corrected chi connectivity index (χ1v) is 9.89. The summed E-state index contributed by atoms with van der Waals surface area (Å²) in [5.41, 5.74) is 4.31. The van der Waals surface area contributed by atoms with Crippen molar-refractivity contribution in [3.05, 3.63) is 58.1 Å². The lowest BCUT2D eigenvalue weighted by Gasteiger charge is -2.34. The smallest absolute Gasteiger partial charge is 0.253 e. The number of amides is 1. The third-order valence-electron chi connectivity index (χ3n) is 5.00. The standard InChI is InChI=1S/C20H20ClN3OS/c1-13-3-8-17-18(14(13)2)22-20(26-17)24-11-9-23(10-12-24)19(25)15-4-6-16(21)7-5-15/h3-8H,9-12H2,1-2H3. The van der Waals surface area contributed by atoms with Crippen LogP contribution in [0.15, 0.2) is 36.4 Å². The van der Waals surface area contributed by atoms with Crippen molar-refractivity contribution in [3.63, 3.8) is 0 Å². The normalized spacial score (nSPS) is 14.9. The van der Waals surface area contributed by atoms with E-state index in [1.807, 2.05) is 4.90 Å². The lowest BCUT2D eigenvalue weighted by molar-refractivity contribution is 0.0747. The molecule has 1 aliphatic heterocycles. The van der Waals surface area contributed by atoms with Gasteiger partial charge in [-0.15, -0.1) is 0 Å². The van der Waals surface area contributed by atoms with Gasteiger partial charge in [0.05, 0.1) is 10.2 Å². The van der Waals surface area contributed by atoms with E-state index in [0.717, 1.165) is 23.7 Å². The zero-order valence-corrected chi connectivity index (χ0v) is 16.4. The molecule has 1 fully saturated rings. The molecule has 1 saturated heterocycles. The molecule has 2 heterocycles. The molecular weight excluding hydrogens is 366 g/mol. The SMILES string of the molecule is Cc1ccc2sc(N3CCN(C(=O)c4ccc(Cl)cc4)CC3)nc2c1C. The molecule has 0 N–H and O–H groups in total. The van der Waals surface area contributed by atoms with E-state index >= 15 is 0 Å². The zero-order valence-electron chi connectivity index (χ0n) is 14.8. The fourth-order valence-electron chi connectivity index (χ4n) is 3.23. The van der Waals surface area contributed by atoms with E-state index in [1.54, 1.807) is 35.6 Å². The van der Waals surface area contributed by atoms with E-state index in [2.05, 4.69) is 30.9 Å². The highest BCUT2D eigenvalue weighted by molar-refractivity contribution is 7.22. The van der Waals surface area contributed by atoms with Crippen LogP contribution in [0.25, 0.3) is 10.2 Å². The Kier molecular flexibility index (Phi) is 4.59. The van der Waals surface area contributed by atoms with Gasteiger partial charge in [-0.1, -0.05) is 29.0 Å². The highest BCUT2D eigenvalue weighted by Crippen LogP contribution is 2.32. The second-order valence-corrected chi connectivity index (χ2v) is 8.08. The molecule has 0 aliphatic carbocycles. The largest absolute Gasteiger partial charge is 0.345 e. The third kappa shape index (κ3) is 3.17. The predicted octanol–water partition coefficient (Wildman–Crippen LogP) is 4.53. The van der Waals surface area contributed by atoms with Crippen LogP contribution >= 0.6 is 22.9 Å². The summed E-state index contributed by atoms with van der Waals surface area (Å²) in [5, 5.41) is 1.69. The molecule has 4 nitrogen and oxygen atoms in total. The molecule has 4 rings (SSSR count). The van der Waals surface area contributed by atoms with Crippen LogP contribution in [-0.2, 0) is 0 Å². The van der Waals surface area contributed by atoms with Crippen molar-refractivity contribution >= 4 is 44.2 Å². The van der Waals surface area contributed by atoms with Crippen molar-refractivity contribution in [2.75, 3.05) is 31.1 Å². The van der Waals surface area contributed by atoms with E-state index in [1.165, 1.54) is 15.8 Å². The van der Waals surface area contributed by atoms with Crippen LogP contribution in [0.1, 0.15) is 21.5 Å². The number of nitrogens with zero attached hydrogens (tertiary/aromatic N) is 3. The number of hydrogen-bond acceptors (Lipinski definition) is 4. The van der Waals surface area contributed by atoms with E-state index in [0.29, 0.717) is 23.7 Å². The molecule has 0 bridgehead atoms. The van der Waals surface area contributed by atoms with Crippen molar-refractivity contribution < 1.29 is 4.79 Å². The maximum absolute atomic E-state index is 12.6. The van der Waals surface area contributed by atoms with Crippen LogP contribution in [-0.4, -0.2) is 42.0 Å². The molecule has 1 amide bonds. The molecule has 1 aliphatic rings. The Balaban J connectivity index is 1.47. The van der Waals surface area contributed by atoms with Gasteiger partial charge in [-0.05, 0) is 55.3 Å². The number of carbonyl (C=O) groups is 1. The fourth-order valence-corrected chi connectivity index (χ4v) is 4.43. The summed E-state index contributed by atoms with van der Waals surface area (Å²) in [4.78, 5) is 21.7. The predicted molar refractivity (Wildman–Crippen MR) is 109 cm³/mol. The van der Waals surface area contributed by atoms with Gasteiger partial charge in [0.2, 0.25) is 0 Å². The Morgan fingerprint density at radius 3 is 2.42 bits per heavy atom. The molecule has 3 aromatic rings. The summed E-state index contributed by atoms with van der Waals surface area (Å²) in [7, 11) is 0. The van der Waals surface area contributed by atoms with E-state index in [4.69, 9.17) is 16.6 Å². The highest BCUT2D eigenvalue weighted by Gasteiger charge is 2.24. The minimum Gasteiger partial charge on any atom is -0.345 e. The summed E-state index contributed by atoms with van der Waals surface area (Å²) < 4.78 is 1.22. The lowest BCUT2D eigenvalue weighted by atomic mass is 10.1. The number of aromatic nitrogens is 1. The molecule has 0 saturated carbocycles.